The first kappa shape index (κ1) is 19.8. The molecule has 0 unspecified atom stereocenters. The Balaban J connectivity index is 1.46. The van der Waals surface area contributed by atoms with Crippen LogP contribution in [-0.2, 0) is 17.7 Å². The minimum atomic E-state index is 0.546. The number of ether oxygens (including phenoxy) is 2. The topological polar surface area (TPSA) is 70.7 Å². The maximum Gasteiger partial charge on any atom is 0.191 e. The predicted molar refractivity (Wildman–Crippen MR) is 114 cm³/mol. The van der Waals surface area contributed by atoms with Gasteiger partial charge in [-0.15, -0.1) is 0 Å². The molecule has 3 aromatic rings. The van der Waals surface area contributed by atoms with E-state index in [-0.39, 0.29) is 0 Å². The van der Waals surface area contributed by atoms with E-state index in [0.29, 0.717) is 19.8 Å². The third kappa shape index (κ3) is 5.50. The molecule has 28 heavy (non-hydrogen) atoms. The van der Waals surface area contributed by atoms with Crippen LogP contribution in [0.2, 0.25) is 0 Å². The number of hydrogen-bond acceptors (Lipinski definition) is 3. The summed E-state index contributed by atoms with van der Waals surface area (Å²) in [5.41, 5.74) is 3.61. The van der Waals surface area contributed by atoms with E-state index in [1.807, 2.05) is 24.3 Å². The van der Waals surface area contributed by atoms with Gasteiger partial charge >= 0.3 is 0 Å². The molecule has 3 N–H and O–H groups in total. The summed E-state index contributed by atoms with van der Waals surface area (Å²) in [5.74, 6) is 1.63. The Hall–Kier alpha value is -2.99. The number of guanidine groups is 1. The Labute approximate surface area is 166 Å². The van der Waals surface area contributed by atoms with Crippen molar-refractivity contribution in [2.75, 3.05) is 33.9 Å². The third-order valence-electron chi connectivity index (χ3n) is 4.50. The molecule has 0 bridgehead atoms. The molecule has 0 aliphatic carbocycles. The van der Waals surface area contributed by atoms with Crippen molar-refractivity contribution in [2.24, 2.45) is 4.99 Å². The van der Waals surface area contributed by atoms with Crippen molar-refractivity contribution in [2.45, 2.75) is 13.0 Å². The highest BCUT2D eigenvalue weighted by atomic mass is 16.5. The number of nitrogens with zero attached hydrogens (tertiary/aromatic N) is 1. The Morgan fingerprint density at radius 2 is 1.96 bits per heavy atom. The van der Waals surface area contributed by atoms with Crippen molar-refractivity contribution in [3.05, 3.63) is 65.9 Å². The van der Waals surface area contributed by atoms with Crippen LogP contribution >= 0.6 is 0 Å². The molecule has 1 aromatic heterocycles. The van der Waals surface area contributed by atoms with Crippen LogP contribution in [-0.4, -0.2) is 44.9 Å². The number of para-hydroxylation sites is 1. The maximum absolute atomic E-state index is 5.66. The lowest BCUT2D eigenvalue weighted by atomic mass is 10.1. The molecular weight excluding hydrogens is 352 g/mol. The van der Waals surface area contributed by atoms with E-state index in [0.717, 1.165) is 30.2 Å². The fourth-order valence-corrected chi connectivity index (χ4v) is 3.05. The molecule has 3 rings (SSSR count). The lowest BCUT2D eigenvalue weighted by Crippen LogP contribution is -2.37. The molecule has 0 spiro atoms. The maximum atomic E-state index is 5.66. The monoisotopic (exact) mass is 380 g/mol. The first-order valence-electron chi connectivity index (χ1n) is 9.50. The summed E-state index contributed by atoms with van der Waals surface area (Å²) in [6, 6.07) is 16.4. The van der Waals surface area contributed by atoms with Gasteiger partial charge in [0.15, 0.2) is 5.96 Å². The predicted octanol–water partition coefficient (Wildman–Crippen LogP) is 3.10. The fourth-order valence-electron chi connectivity index (χ4n) is 3.05. The lowest BCUT2D eigenvalue weighted by Gasteiger charge is -2.13. The first-order valence-corrected chi connectivity index (χ1v) is 9.50. The summed E-state index contributed by atoms with van der Waals surface area (Å²) in [6.07, 6.45) is 3.01. The number of aromatic nitrogens is 1. The normalized spacial score (nSPS) is 11.6. The average molecular weight is 380 g/mol. The minimum absolute atomic E-state index is 0.546. The number of benzene rings is 2. The van der Waals surface area contributed by atoms with Crippen LogP contribution in [0, 0.1) is 0 Å². The lowest BCUT2D eigenvalue weighted by molar-refractivity contribution is 0.146. The number of fused-ring (bicyclic) bond motifs is 1. The average Bonchev–Trinajstić information content (AvgIpc) is 3.14. The summed E-state index contributed by atoms with van der Waals surface area (Å²) in [4.78, 5) is 7.62. The number of aromatic amines is 1. The molecule has 0 fully saturated rings. The van der Waals surface area contributed by atoms with Gasteiger partial charge in [-0.25, -0.2) is 0 Å². The molecule has 0 aliphatic heterocycles. The van der Waals surface area contributed by atoms with Crippen LogP contribution in [0.15, 0.2) is 59.7 Å². The van der Waals surface area contributed by atoms with Gasteiger partial charge in [-0.1, -0.05) is 30.3 Å². The van der Waals surface area contributed by atoms with Gasteiger partial charge < -0.3 is 25.1 Å². The molecule has 2 aromatic carbocycles. The summed E-state index contributed by atoms with van der Waals surface area (Å²) in [6.45, 7) is 2.61. The Bertz CT molecular complexity index is 904. The van der Waals surface area contributed by atoms with Crippen molar-refractivity contribution in [3.8, 4) is 5.75 Å². The molecule has 0 aliphatic rings. The van der Waals surface area contributed by atoms with Gasteiger partial charge in [0.25, 0.3) is 0 Å². The molecule has 6 heteroatoms. The molecule has 0 atom stereocenters. The van der Waals surface area contributed by atoms with Crippen LogP contribution in [0.3, 0.4) is 0 Å². The van der Waals surface area contributed by atoms with E-state index in [9.17, 15) is 0 Å². The second-order valence-electron chi connectivity index (χ2n) is 6.45. The second kappa shape index (κ2) is 10.4. The highest BCUT2D eigenvalue weighted by Gasteiger charge is 2.04. The smallest absolute Gasteiger partial charge is 0.191 e. The highest BCUT2D eigenvalue weighted by molar-refractivity contribution is 5.83. The van der Waals surface area contributed by atoms with E-state index in [2.05, 4.69) is 51.1 Å². The standard InChI is InChI=1S/C22H28N4O2/c1-23-22(24-11-10-18-16-25-21-9-4-3-8-20(18)21)26-15-17-6-5-7-19(14-17)28-13-12-27-2/h3-9,14,16,25H,10-13,15H2,1-2H3,(H2,23,24,26). The third-order valence-corrected chi connectivity index (χ3v) is 4.50. The van der Waals surface area contributed by atoms with Crippen molar-refractivity contribution in [1.82, 2.24) is 15.6 Å². The van der Waals surface area contributed by atoms with Gasteiger partial charge in [0.2, 0.25) is 0 Å². The molecule has 148 valence electrons. The van der Waals surface area contributed by atoms with E-state index in [1.54, 1.807) is 14.2 Å². The van der Waals surface area contributed by atoms with Crippen LogP contribution in [0.4, 0.5) is 0 Å². The van der Waals surface area contributed by atoms with Gasteiger partial charge in [0.1, 0.15) is 12.4 Å². The molecule has 0 amide bonds. The van der Waals surface area contributed by atoms with Crippen LogP contribution in [0.1, 0.15) is 11.1 Å². The zero-order valence-electron chi connectivity index (χ0n) is 16.5. The number of H-pyrrole nitrogens is 1. The number of aliphatic imine (C=N–C) groups is 1. The quantitative estimate of drug-likeness (QED) is 0.303. The molecule has 0 saturated carbocycles. The SMILES string of the molecule is CN=C(NCCc1c[nH]c2ccccc12)NCc1cccc(OCCOC)c1. The Morgan fingerprint density at radius 1 is 1.07 bits per heavy atom. The Kier molecular flexibility index (Phi) is 7.32. The summed E-state index contributed by atoms with van der Waals surface area (Å²) < 4.78 is 10.7. The molecule has 0 radical (unpaired) electrons. The number of methoxy groups -OCH3 is 1. The Morgan fingerprint density at radius 3 is 2.82 bits per heavy atom. The molecular formula is C22H28N4O2. The minimum Gasteiger partial charge on any atom is -0.491 e. The van der Waals surface area contributed by atoms with E-state index in [4.69, 9.17) is 9.47 Å². The fraction of sp³-hybridized carbons (Fsp3) is 0.318. The molecule has 0 saturated heterocycles. The number of rotatable bonds is 9. The van der Waals surface area contributed by atoms with Gasteiger partial charge in [-0.3, -0.25) is 4.99 Å². The van der Waals surface area contributed by atoms with E-state index < -0.39 is 0 Å². The zero-order chi connectivity index (χ0) is 19.6. The molecule has 6 nitrogen and oxygen atoms in total. The summed E-state index contributed by atoms with van der Waals surface area (Å²) in [5, 5.41) is 8.00. The van der Waals surface area contributed by atoms with Gasteiger partial charge in [-0.2, -0.15) is 0 Å². The van der Waals surface area contributed by atoms with Crippen molar-refractivity contribution < 1.29 is 9.47 Å². The van der Waals surface area contributed by atoms with Crippen molar-refractivity contribution in [3.63, 3.8) is 0 Å². The first-order chi connectivity index (χ1) is 13.8. The number of hydrogen-bond donors (Lipinski definition) is 3. The van der Waals surface area contributed by atoms with Crippen LogP contribution < -0.4 is 15.4 Å². The van der Waals surface area contributed by atoms with Crippen molar-refractivity contribution >= 4 is 16.9 Å². The van der Waals surface area contributed by atoms with E-state index in [1.165, 1.54) is 16.5 Å². The summed E-state index contributed by atoms with van der Waals surface area (Å²) >= 11 is 0. The molecule has 1 heterocycles. The van der Waals surface area contributed by atoms with Gasteiger partial charge in [-0.05, 0) is 35.7 Å². The van der Waals surface area contributed by atoms with Gasteiger partial charge in [0.05, 0.1) is 6.61 Å². The number of nitrogens with one attached hydrogen (secondary N) is 3. The van der Waals surface area contributed by atoms with Gasteiger partial charge in [0, 0.05) is 44.3 Å². The highest BCUT2D eigenvalue weighted by Crippen LogP contribution is 2.17. The summed E-state index contributed by atoms with van der Waals surface area (Å²) in [7, 11) is 3.45. The largest absolute Gasteiger partial charge is 0.491 e. The zero-order valence-corrected chi connectivity index (χ0v) is 16.5. The van der Waals surface area contributed by atoms with Crippen LogP contribution in [0.5, 0.6) is 5.75 Å². The van der Waals surface area contributed by atoms with Crippen molar-refractivity contribution in [1.29, 1.82) is 0 Å². The van der Waals surface area contributed by atoms with Crippen LogP contribution in [0.25, 0.3) is 10.9 Å². The second-order valence-corrected chi connectivity index (χ2v) is 6.45. The van der Waals surface area contributed by atoms with E-state index >= 15 is 0 Å².